The number of carbonyl (C=O) groups is 1. The van der Waals surface area contributed by atoms with Crippen molar-refractivity contribution in [2.24, 2.45) is 7.05 Å². The Morgan fingerprint density at radius 2 is 2.06 bits per heavy atom. The van der Waals surface area contributed by atoms with Crippen molar-refractivity contribution in [3.63, 3.8) is 0 Å². The van der Waals surface area contributed by atoms with Crippen molar-refractivity contribution >= 4 is 5.91 Å². The minimum atomic E-state index is -0.842. The Labute approximate surface area is 183 Å². The van der Waals surface area contributed by atoms with Crippen LogP contribution < -0.4 is 0 Å². The fraction of sp³-hybridized carbons (Fsp3) is 0.583. The molecule has 2 saturated heterocycles. The second kappa shape index (κ2) is 8.37. The fourth-order valence-electron chi connectivity index (χ4n) is 5.63. The summed E-state index contributed by atoms with van der Waals surface area (Å²) >= 11 is 0. The Hall–Kier alpha value is -2.22. The molecule has 0 spiro atoms. The Bertz CT molecular complexity index is 917. The lowest BCUT2D eigenvalue weighted by molar-refractivity contribution is -0.225. The number of ether oxygens (including phenoxy) is 1. The molecule has 0 unspecified atom stereocenters. The molecule has 7 nitrogen and oxygen atoms in total. The van der Waals surface area contributed by atoms with E-state index in [4.69, 9.17) is 4.74 Å². The van der Waals surface area contributed by atoms with Gasteiger partial charge in [-0.15, -0.1) is 0 Å². The lowest BCUT2D eigenvalue weighted by Crippen LogP contribution is -2.58. The Morgan fingerprint density at radius 1 is 1.32 bits per heavy atom. The third kappa shape index (κ3) is 4.14. The molecule has 2 N–H and O–H groups in total. The van der Waals surface area contributed by atoms with Crippen molar-refractivity contribution < 1.29 is 19.7 Å². The molecule has 0 saturated carbocycles. The van der Waals surface area contributed by atoms with Crippen LogP contribution in [-0.2, 0) is 11.8 Å². The van der Waals surface area contributed by atoms with Crippen LogP contribution in [0.2, 0.25) is 0 Å². The van der Waals surface area contributed by atoms with E-state index < -0.39 is 17.3 Å². The summed E-state index contributed by atoms with van der Waals surface area (Å²) in [5.74, 6) is 0.0623. The number of nitrogens with zero attached hydrogens (tertiary/aromatic N) is 3. The summed E-state index contributed by atoms with van der Waals surface area (Å²) in [5.41, 5.74) is 0.391. The summed E-state index contributed by atoms with van der Waals surface area (Å²) in [4.78, 5) is 14.7. The maximum absolute atomic E-state index is 13.1. The molecule has 0 aliphatic carbocycles. The van der Waals surface area contributed by atoms with E-state index in [0.29, 0.717) is 31.2 Å². The van der Waals surface area contributed by atoms with E-state index in [9.17, 15) is 15.0 Å². The first-order valence-corrected chi connectivity index (χ1v) is 11.1. The second-order valence-corrected chi connectivity index (χ2v) is 9.46. The van der Waals surface area contributed by atoms with Gasteiger partial charge < -0.3 is 19.8 Å². The van der Waals surface area contributed by atoms with Crippen molar-refractivity contribution in [2.75, 3.05) is 13.7 Å². The molecule has 2 fully saturated rings. The van der Waals surface area contributed by atoms with E-state index in [0.717, 1.165) is 6.42 Å². The number of likely N-dealkylation sites (N-methyl/N-ethyl adjacent to an activating group) is 1. The number of aromatic nitrogens is 2. The summed E-state index contributed by atoms with van der Waals surface area (Å²) in [6, 6.07) is 9.95. The van der Waals surface area contributed by atoms with E-state index in [1.165, 1.54) is 5.56 Å². The number of carbonyl (C=O) groups excluding carboxylic acids is 1. The predicted octanol–water partition coefficient (Wildman–Crippen LogP) is 2.49. The molecule has 1 amide bonds. The zero-order valence-electron chi connectivity index (χ0n) is 18.6. The van der Waals surface area contributed by atoms with Gasteiger partial charge in [0, 0.05) is 26.9 Å². The average molecular weight is 428 g/mol. The molecular formula is C24H33N3O4. The largest absolute Gasteiger partial charge is 0.396 e. The Morgan fingerprint density at radius 3 is 2.71 bits per heavy atom. The van der Waals surface area contributed by atoms with Gasteiger partial charge in [-0.2, -0.15) is 5.10 Å². The van der Waals surface area contributed by atoms with Crippen molar-refractivity contribution in [1.82, 2.24) is 14.7 Å². The molecule has 31 heavy (non-hydrogen) atoms. The molecular weight excluding hydrogens is 394 g/mol. The summed E-state index contributed by atoms with van der Waals surface area (Å²) in [7, 11) is 3.52. The van der Waals surface area contributed by atoms with Gasteiger partial charge in [-0.25, -0.2) is 0 Å². The first-order valence-electron chi connectivity index (χ1n) is 11.1. The molecule has 2 aromatic rings. The molecule has 5 atom stereocenters. The number of aliphatic hydroxyl groups excluding tert-OH is 2. The average Bonchev–Trinajstić information content (AvgIpc) is 3.17. The zero-order valence-corrected chi connectivity index (χ0v) is 18.6. The lowest BCUT2D eigenvalue weighted by Gasteiger charge is -2.50. The van der Waals surface area contributed by atoms with Crippen molar-refractivity contribution in [3.8, 4) is 0 Å². The minimum Gasteiger partial charge on any atom is -0.396 e. The molecule has 2 aliphatic heterocycles. The standard InChI is InChI=1S/C24H33N3O4/c1-23-13-18(17-7-5-4-6-8-17)14-24(31-23,11-12-28)10-9-20(21(23)29)27(3)22(30)19-15-25-26(2)16-19/h4-8,15-16,18,20-21,28-29H,9-14H2,1-3H3/t18-,20+,21-,23+,24-/m1/s1. The van der Waals surface area contributed by atoms with E-state index in [-0.39, 0.29) is 24.5 Å². The first-order chi connectivity index (χ1) is 14.8. The van der Waals surface area contributed by atoms with Gasteiger partial charge in [-0.05, 0) is 50.5 Å². The van der Waals surface area contributed by atoms with E-state index in [1.807, 2.05) is 25.1 Å². The van der Waals surface area contributed by atoms with E-state index in [2.05, 4.69) is 17.2 Å². The smallest absolute Gasteiger partial charge is 0.257 e. The van der Waals surface area contributed by atoms with Gasteiger partial charge in [-0.1, -0.05) is 30.3 Å². The van der Waals surface area contributed by atoms with Gasteiger partial charge >= 0.3 is 0 Å². The van der Waals surface area contributed by atoms with Crippen molar-refractivity contribution in [1.29, 1.82) is 0 Å². The number of benzene rings is 1. The molecule has 2 aliphatic rings. The summed E-state index contributed by atoms with van der Waals surface area (Å²) < 4.78 is 8.23. The van der Waals surface area contributed by atoms with Crippen LogP contribution >= 0.6 is 0 Å². The van der Waals surface area contributed by atoms with Gasteiger partial charge in [-0.3, -0.25) is 9.48 Å². The SMILES string of the molecule is CN(C(=O)c1cnn(C)c1)[C@H]1CC[C@@]2(CCO)C[C@H](c3ccccc3)C[C@](C)(O2)[C@@H]1O. The molecule has 168 valence electrons. The van der Waals surface area contributed by atoms with Crippen LogP contribution in [-0.4, -0.2) is 67.8 Å². The third-order valence-corrected chi connectivity index (χ3v) is 7.21. The van der Waals surface area contributed by atoms with Crippen molar-refractivity contribution in [3.05, 3.63) is 53.9 Å². The van der Waals surface area contributed by atoms with Gasteiger partial charge in [0.25, 0.3) is 5.91 Å². The molecule has 1 aromatic carbocycles. The number of hydrogen-bond acceptors (Lipinski definition) is 5. The number of amides is 1. The van der Waals surface area contributed by atoms with Gasteiger partial charge in [0.2, 0.25) is 0 Å². The van der Waals surface area contributed by atoms with Crippen LogP contribution in [0.5, 0.6) is 0 Å². The quantitative estimate of drug-likeness (QED) is 0.766. The van der Waals surface area contributed by atoms with Crippen LogP contribution in [0.3, 0.4) is 0 Å². The van der Waals surface area contributed by atoms with E-state index in [1.54, 1.807) is 36.1 Å². The molecule has 2 bridgehead atoms. The highest BCUT2D eigenvalue weighted by Gasteiger charge is 2.55. The predicted molar refractivity (Wildman–Crippen MR) is 117 cm³/mol. The normalized spacial score (nSPS) is 33.0. The number of aliphatic hydroxyl groups is 2. The lowest BCUT2D eigenvalue weighted by atomic mass is 9.73. The van der Waals surface area contributed by atoms with Crippen LogP contribution in [0, 0.1) is 0 Å². The van der Waals surface area contributed by atoms with Gasteiger partial charge in [0.1, 0.15) is 6.10 Å². The van der Waals surface area contributed by atoms with Crippen LogP contribution in [0.4, 0.5) is 0 Å². The summed E-state index contributed by atoms with van der Waals surface area (Å²) in [6.45, 7) is 1.99. The Kier molecular flexibility index (Phi) is 5.94. The van der Waals surface area contributed by atoms with Crippen LogP contribution in [0.25, 0.3) is 0 Å². The highest BCUT2D eigenvalue weighted by molar-refractivity contribution is 5.93. The number of fused-ring (bicyclic) bond motifs is 2. The topological polar surface area (TPSA) is 87.8 Å². The monoisotopic (exact) mass is 427 g/mol. The molecule has 3 heterocycles. The zero-order chi connectivity index (χ0) is 22.2. The van der Waals surface area contributed by atoms with Crippen LogP contribution in [0.1, 0.15) is 60.9 Å². The summed E-state index contributed by atoms with van der Waals surface area (Å²) in [6.07, 6.45) is 5.67. The second-order valence-electron chi connectivity index (χ2n) is 9.46. The highest BCUT2D eigenvalue weighted by Crippen LogP contribution is 2.51. The van der Waals surface area contributed by atoms with Gasteiger partial charge in [0.15, 0.2) is 0 Å². The number of rotatable bonds is 5. The Balaban J connectivity index is 1.65. The van der Waals surface area contributed by atoms with Gasteiger partial charge in [0.05, 0.1) is 29.0 Å². The molecule has 1 aromatic heterocycles. The van der Waals surface area contributed by atoms with Crippen LogP contribution in [0.15, 0.2) is 42.7 Å². The summed E-state index contributed by atoms with van der Waals surface area (Å²) in [5, 5.41) is 25.5. The van der Waals surface area contributed by atoms with Crippen molar-refractivity contribution in [2.45, 2.75) is 68.3 Å². The first kappa shape index (κ1) is 22.0. The number of hydrogen-bond donors (Lipinski definition) is 2. The molecule has 0 radical (unpaired) electrons. The third-order valence-electron chi connectivity index (χ3n) is 7.21. The van der Waals surface area contributed by atoms with E-state index >= 15 is 0 Å². The maximum atomic E-state index is 13.1. The highest BCUT2D eigenvalue weighted by atomic mass is 16.5. The maximum Gasteiger partial charge on any atom is 0.257 e. The number of aryl methyl sites for hydroxylation is 1. The molecule has 4 rings (SSSR count). The fourth-order valence-corrected chi connectivity index (χ4v) is 5.63. The molecule has 7 heteroatoms. The minimum absolute atomic E-state index is 0.0306.